The Bertz CT molecular complexity index is 469. The molecule has 19 heavy (non-hydrogen) atoms. The van der Waals surface area contributed by atoms with Gasteiger partial charge < -0.3 is 11.1 Å². The van der Waals surface area contributed by atoms with Crippen molar-refractivity contribution in [1.82, 2.24) is 4.90 Å². The number of thioether (sulfide) groups is 1. The van der Waals surface area contributed by atoms with E-state index in [1.807, 2.05) is 11.8 Å². The molecule has 0 saturated carbocycles. The molecule has 1 aromatic rings. The standard InChI is InChI=1S/C13H18ClN3OS/c1-9-8-19-5-4-17(9)7-13(18)16-12-6-10(15)2-3-11(12)14/h2-3,6,9H,4-5,7-8,15H2,1H3,(H,16,18). The second-order valence-electron chi connectivity index (χ2n) is 4.68. The summed E-state index contributed by atoms with van der Waals surface area (Å²) in [6.45, 7) is 3.49. The van der Waals surface area contributed by atoms with Crippen LogP contribution in [0.1, 0.15) is 6.92 Å². The normalized spacial score (nSPS) is 20.2. The first kappa shape index (κ1) is 14.5. The average Bonchev–Trinajstić information content (AvgIpc) is 2.37. The van der Waals surface area contributed by atoms with Crippen molar-refractivity contribution < 1.29 is 4.79 Å². The molecule has 1 aliphatic heterocycles. The van der Waals surface area contributed by atoms with Gasteiger partial charge in [-0.2, -0.15) is 11.8 Å². The molecular weight excluding hydrogens is 282 g/mol. The van der Waals surface area contributed by atoms with Crippen molar-refractivity contribution >= 4 is 40.6 Å². The zero-order valence-electron chi connectivity index (χ0n) is 10.9. The van der Waals surface area contributed by atoms with Gasteiger partial charge in [0.15, 0.2) is 0 Å². The van der Waals surface area contributed by atoms with E-state index in [1.165, 1.54) is 0 Å². The van der Waals surface area contributed by atoms with E-state index >= 15 is 0 Å². The smallest absolute Gasteiger partial charge is 0.238 e. The Labute approximate surface area is 122 Å². The first-order valence-corrected chi connectivity index (χ1v) is 7.76. The summed E-state index contributed by atoms with van der Waals surface area (Å²) in [6.07, 6.45) is 0. The highest BCUT2D eigenvalue weighted by atomic mass is 35.5. The lowest BCUT2D eigenvalue weighted by Crippen LogP contribution is -2.44. The van der Waals surface area contributed by atoms with Crippen molar-refractivity contribution in [3.05, 3.63) is 23.2 Å². The fourth-order valence-corrected chi connectivity index (χ4v) is 3.26. The number of halogens is 1. The Hall–Kier alpha value is -0.910. The molecule has 1 saturated heterocycles. The van der Waals surface area contributed by atoms with E-state index in [0.717, 1.165) is 18.1 Å². The summed E-state index contributed by atoms with van der Waals surface area (Å²) in [4.78, 5) is 14.2. The number of hydrogen-bond donors (Lipinski definition) is 2. The maximum atomic E-state index is 12.0. The van der Waals surface area contributed by atoms with E-state index in [9.17, 15) is 4.79 Å². The third kappa shape index (κ3) is 4.03. The lowest BCUT2D eigenvalue weighted by Gasteiger charge is -2.32. The molecule has 1 amide bonds. The van der Waals surface area contributed by atoms with Crippen LogP contribution >= 0.6 is 23.4 Å². The highest BCUT2D eigenvalue weighted by molar-refractivity contribution is 7.99. The van der Waals surface area contributed by atoms with Crippen molar-refractivity contribution in [3.63, 3.8) is 0 Å². The van der Waals surface area contributed by atoms with Crippen LogP contribution < -0.4 is 11.1 Å². The van der Waals surface area contributed by atoms with E-state index in [2.05, 4.69) is 17.1 Å². The van der Waals surface area contributed by atoms with Gasteiger partial charge in [-0.25, -0.2) is 0 Å². The summed E-state index contributed by atoms with van der Waals surface area (Å²) < 4.78 is 0. The molecule has 0 aliphatic carbocycles. The molecule has 3 N–H and O–H groups in total. The van der Waals surface area contributed by atoms with Crippen LogP contribution in [0.3, 0.4) is 0 Å². The molecule has 0 bridgehead atoms. The van der Waals surface area contributed by atoms with E-state index in [1.54, 1.807) is 18.2 Å². The predicted octanol–water partition coefficient (Wildman–Crippen LogP) is 2.30. The number of anilines is 2. The number of hydrogen-bond acceptors (Lipinski definition) is 4. The molecule has 4 nitrogen and oxygen atoms in total. The van der Waals surface area contributed by atoms with Gasteiger partial charge in [0.05, 0.1) is 17.3 Å². The van der Waals surface area contributed by atoms with Crippen LogP contribution in [-0.2, 0) is 4.79 Å². The van der Waals surface area contributed by atoms with Crippen LogP contribution in [0.5, 0.6) is 0 Å². The molecule has 0 aromatic heterocycles. The van der Waals surface area contributed by atoms with Crippen molar-refractivity contribution in [2.45, 2.75) is 13.0 Å². The van der Waals surface area contributed by atoms with Gasteiger partial charge in [0.25, 0.3) is 0 Å². The summed E-state index contributed by atoms with van der Waals surface area (Å²) >= 11 is 7.96. The molecule has 1 unspecified atom stereocenters. The predicted molar refractivity (Wildman–Crippen MR) is 82.9 cm³/mol. The number of amides is 1. The van der Waals surface area contributed by atoms with Crippen LogP contribution in [0.25, 0.3) is 0 Å². The van der Waals surface area contributed by atoms with Gasteiger partial charge >= 0.3 is 0 Å². The lowest BCUT2D eigenvalue weighted by atomic mass is 10.2. The number of carbonyl (C=O) groups excluding carboxylic acids is 1. The van der Waals surface area contributed by atoms with Gasteiger partial charge in [0.1, 0.15) is 0 Å². The summed E-state index contributed by atoms with van der Waals surface area (Å²) in [7, 11) is 0. The molecule has 1 aromatic carbocycles. The highest BCUT2D eigenvalue weighted by Gasteiger charge is 2.21. The second kappa shape index (κ2) is 6.50. The summed E-state index contributed by atoms with van der Waals surface area (Å²) in [5.41, 5.74) is 6.85. The van der Waals surface area contributed by atoms with E-state index in [0.29, 0.717) is 29.0 Å². The van der Waals surface area contributed by atoms with Gasteiger partial charge in [0, 0.05) is 29.8 Å². The zero-order valence-corrected chi connectivity index (χ0v) is 12.4. The van der Waals surface area contributed by atoms with Crippen LogP contribution in [0.15, 0.2) is 18.2 Å². The Kier molecular flexibility index (Phi) is 4.96. The van der Waals surface area contributed by atoms with Crippen molar-refractivity contribution in [2.75, 3.05) is 35.6 Å². The van der Waals surface area contributed by atoms with Crippen LogP contribution in [0, 0.1) is 0 Å². The maximum absolute atomic E-state index is 12.0. The second-order valence-corrected chi connectivity index (χ2v) is 6.24. The lowest BCUT2D eigenvalue weighted by molar-refractivity contribution is -0.117. The Morgan fingerprint density at radius 2 is 2.42 bits per heavy atom. The maximum Gasteiger partial charge on any atom is 0.238 e. The van der Waals surface area contributed by atoms with Crippen molar-refractivity contribution in [2.24, 2.45) is 0 Å². The fraction of sp³-hybridized carbons (Fsp3) is 0.462. The molecule has 1 atom stereocenters. The number of nitrogen functional groups attached to an aromatic ring is 1. The summed E-state index contributed by atoms with van der Waals surface area (Å²) in [5, 5.41) is 3.32. The molecule has 104 valence electrons. The summed E-state index contributed by atoms with van der Waals surface area (Å²) in [5.74, 6) is 2.11. The zero-order chi connectivity index (χ0) is 13.8. The first-order valence-electron chi connectivity index (χ1n) is 6.23. The van der Waals surface area contributed by atoms with Gasteiger partial charge in [-0.3, -0.25) is 9.69 Å². The number of rotatable bonds is 3. The Balaban J connectivity index is 1.95. The number of nitrogens with one attached hydrogen (secondary N) is 1. The molecule has 2 rings (SSSR count). The van der Waals surface area contributed by atoms with Gasteiger partial charge in [-0.05, 0) is 25.1 Å². The molecule has 0 radical (unpaired) electrons. The van der Waals surface area contributed by atoms with E-state index in [-0.39, 0.29) is 5.91 Å². The summed E-state index contributed by atoms with van der Waals surface area (Å²) in [6, 6.07) is 5.51. The monoisotopic (exact) mass is 299 g/mol. The SMILES string of the molecule is CC1CSCCN1CC(=O)Nc1cc(N)ccc1Cl. The molecule has 0 spiro atoms. The molecule has 1 aliphatic rings. The fourth-order valence-electron chi connectivity index (χ4n) is 2.01. The minimum Gasteiger partial charge on any atom is -0.399 e. The third-order valence-corrected chi connectivity index (χ3v) is 4.64. The minimum absolute atomic E-state index is 0.0498. The number of benzene rings is 1. The number of nitrogens with zero attached hydrogens (tertiary/aromatic N) is 1. The van der Waals surface area contributed by atoms with Gasteiger partial charge in [-0.1, -0.05) is 11.6 Å². The van der Waals surface area contributed by atoms with Gasteiger partial charge in [0.2, 0.25) is 5.91 Å². The molecular formula is C13H18ClN3OS. The van der Waals surface area contributed by atoms with Crippen molar-refractivity contribution in [3.8, 4) is 0 Å². The molecule has 1 heterocycles. The molecule has 6 heteroatoms. The first-order chi connectivity index (χ1) is 9.06. The van der Waals surface area contributed by atoms with Crippen LogP contribution in [0.2, 0.25) is 5.02 Å². The Morgan fingerprint density at radius 1 is 1.63 bits per heavy atom. The minimum atomic E-state index is -0.0498. The van der Waals surface area contributed by atoms with Gasteiger partial charge in [-0.15, -0.1) is 0 Å². The quantitative estimate of drug-likeness (QED) is 0.841. The van der Waals surface area contributed by atoms with Crippen LogP contribution in [0.4, 0.5) is 11.4 Å². The highest BCUT2D eigenvalue weighted by Crippen LogP contribution is 2.24. The van der Waals surface area contributed by atoms with E-state index in [4.69, 9.17) is 17.3 Å². The topological polar surface area (TPSA) is 58.4 Å². The largest absolute Gasteiger partial charge is 0.399 e. The molecule has 1 fully saturated rings. The number of carbonyl (C=O) groups is 1. The third-order valence-electron chi connectivity index (χ3n) is 3.12. The van der Waals surface area contributed by atoms with E-state index < -0.39 is 0 Å². The van der Waals surface area contributed by atoms with Crippen molar-refractivity contribution in [1.29, 1.82) is 0 Å². The Morgan fingerprint density at radius 3 is 3.16 bits per heavy atom. The number of nitrogens with two attached hydrogens (primary N) is 1. The van der Waals surface area contributed by atoms with Crippen LogP contribution in [-0.4, -0.2) is 41.4 Å². The average molecular weight is 300 g/mol.